The fourth-order valence-corrected chi connectivity index (χ4v) is 8.96. The highest BCUT2D eigenvalue weighted by Crippen LogP contribution is 2.56. The molecule has 1 aromatic rings. The number of carbonyl (C=O) groups is 3. The summed E-state index contributed by atoms with van der Waals surface area (Å²) in [5.74, 6) is -8.04. The maximum absolute atomic E-state index is 16.9. The van der Waals surface area contributed by atoms with Crippen LogP contribution in [0.1, 0.15) is 40.4 Å². The smallest absolute Gasteiger partial charge is 0.255 e. The van der Waals surface area contributed by atoms with Gasteiger partial charge in [-0.2, -0.15) is 0 Å². The van der Waals surface area contributed by atoms with Crippen LogP contribution in [0, 0.1) is 23.6 Å². The number of nitrogens with zero attached hydrogens (tertiary/aromatic N) is 3. The highest BCUT2D eigenvalue weighted by atomic mass is 19.1. The number of primary amides is 1. The van der Waals surface area contributed by atoms with Crippen LogP contribution in [-0.2, 0) is 20.7 Å². The summed E-state index contributed by atoms with van der Waals surface area (Å²) in [6, 6.07) is -1.41. The first kappa shape index (κ1) is 31.1. The molecule has 2 fully saturated rings. The van der Waals surface area contributed by atoms with Crippen LogP contribution in [0.2, 0.25) is 0 Å². The topological polar surface area (TPSA) is 189 Å². The van der Waals surface area contributed by atoms with E-state index >= 15 is 4.39 Å². The van der Waals surface area contributed by atoms with Crippen LogP contribution >= 0.6 is 0 Å². The predicted molar refractivity (Wildman–Crippen MR) is 162 cm³/mol. The third-order valence-corrected chi connectivity index (χ3v) is 11.1. The minimum absolute atomic E-state index is 0.0249. The Morgan fingerprint density at radius 2 is 1.87 bits per heavy atom. The molecule has 3 aliphatic carbocycles. The summed E-state index contributed by atoms with van der Waals surface area (Å²) in [7, 11) is 3.13. The molecule has 14 heteroatoms. The van der Waals surface area contributed by atoms with Crippen molar-refractivity contribution in [2.24, 2.45) is 23.5 Å². The molecule has 248 valence electrons. The number of nitrogens with two attached hydrogens (primary N) is 1. The number of ketones is 2. The van der Waals surface area contributed by atoms with Crippen LogP contribution in [0.3, 0.4) is 0 Å². The fourth-order valence-electron chi connectivity index (χ4n) is 8.96. The number of phenols is 1. The van der Waals surface area contributed by atoms with Crippen molar-refractivity contribution in [1.29, 1.82) is 0 Å². The Morgan fingerprint density at radius 3 is 2.54 bits per heavy atom. The van der Waals surface area contributed by atoms with Crippen molar-refractivity contribution < 1.29 is 43.9 Å². The number of hydrogen-bond acceptors (Lipinski definition) is 12. The lowest BCUT2D eigenvalue weighted by atomic mass is 9.58. The summed E-state index contributed by atoms with van der Waals surface area (Å²) in [5, 5.41) is 49.1. The number of nitrogens with one attached hydrogen (secondary N) is 1. The summed E-state index contributed by atoms with van der Waals surface area (Å²) in [6.07, 6.45) is 0.662. The van der Waals surface area contributed by atoms with E-state index in [4.69, 9.17) is 10.5 Å². The Bertz CT molecular complexity index is 1600. The van der Waals surface area contributed by atoms with Crippen LogP contribution in [0.15, 0.2) is 22.7 Å². The fraction of sp³-hybridized carbons (Fsp3) is 0.594. The van der Waals surface area contributed by atoms with E-state index in [1.807, 2.05) is 0 Å². The number of carbonyl (C=O) groups excluding carboxylic acids is 3. The number of aromatic hydroxyl groups is 1. The number of likely N-dealkylation sites (tertiary alicyclic amines) is 1. The monoisotopic (exact) mass is 641 g/mol. The molecule has 1 amide bonds. The van der Waals surface area contributed by atoms with Crippen LogP contribution in [0.5, 0.6) is 5.75 Å². The first-order valence-corrected chi connectivity index (χ1v) is 15.9. The molecule has 3 heterocycles. The maximum atomic E-state index is 16.9. The normalized spacial score (nSPS) is 32.9. The molecule has 46 heavy (non-hydrogen) atoms. The molecule has 2 saturated heterocycles. The van der Waals surface area contributed by atoms with E-state index in [0.717, 1.165) is 32.6 Å². The van der Waals surface area contributed by atoms with E-state index in [9.17, 15) is 34.8 Å². The molecular formula is C32H40FN5O8. The second-order valence-electron chi connectivity index (χ2n) is 13.6. The molecule has 7 rings (SSSR count). The van der Waals surface area contributed by atoms with E-state index < -0.39 is 69.6 Å². The molecule has 0 aromatic heterocycles. The number of likely N-dealkylation sites (N-methyl/N-ethyl adjacent to an activating group) is 1. The van der Waals surface area contributed by atoms with Gasteiger partial charge in [0.15, 0.2) is 17.1 Å². The van der Waals surface area contributed by atoms with Crippen molar-refractivity contribution in [2.75, 3.05) is 71.9 Å². The first-order chi connectivity index (χ1) is 21.9. The second-order valence-corrected chi connectivity index (χ2v) is 13.6. The number of allylic oxidation sites excluding steroid dienone is 1. The molecule has 0 saturated carbocycles. The summed E-state index contributed by atoms with van der Waals surface area (Å²) in [4.78, 5) is 45.9. The van der Waals surface area contributed by atoms with Gasteiger partial charge in [0.05, 0.1) is 30.5 Å². The number of halogens is 1. The minimum atomic E-state index is -2.75. The molecule has 6 aliphatic rings. The van der Waals surface area contributed by atoms with Crippen molar-refractivity contribution in [3.63, 3.8) is 0 Å². The van der Waals surface area contributed by atoms with Gasteiger partial charge in [0.2, 0.25) is 5.78 Å². The number of phenolic OH excluding ortho intramolecular Hbond substituents is 1. The van der Waals surface area contributed by atoms with Gasteiger partial charge >= 0.3 is 0 Å². The number of rotatable bonds is 5. The highest BCUT2D eigenvalue weighted by molar-refractivity contribution is 6.25. The van der Waals surface area contributed by atoms with Crippen molar-refractivity contribution in [3.8, 4) is 5.75 Å². The van der Waals surface area contributed by atoms with E-state index in [2.05, 4.69) is 15.1 Å². The van der Waals surface area contributed by atoms with Crippen LogP contribution in [-0.4, -0.2) is 131 Å². The Labute approximate surface area is 265 Å². The average Bonchev–Trinajstić information content (AvgIpc) is 3.43. The lowest BCUT2D eigenvalue weighted by Crippen LogP contribution is -2.63. The van der Waals surface area contributed by atoms with Crippen molar-refractivity contribution in [3.05, 3.63) is 45.2 Å². The molecule has 3 aliphatic heterocycles. The summed E-state index contributed by atoms with van der Waals surface area (Å²) < 4.78 is 22.3. The quantitative estimate of drug-likeness (QED) is 0.192. The highest BCUT2D eigenvalue weighted by Gasteiger charge is 2.63. The Balaban J connectivity index is 1.30. The Morgan fingerprint density at radius 1 is 1.15 bits per heavy atom. The van der Waals surface area contributed by atoms with Crippen molar-refractivity contribution in [1.82, 2.24) is 14.7 Å². The van der Waals surface area contributed by atoms with Gasteiger partial charge < -0.3 is 36.2 Å². The largest absolute Gasteiger partial charge is 0.510 e. The molecule has 0 bridgehead atoms. The van der Waals surface area contributed by atoms with Gasteiger partial charge in [0, 0.05) is 61.4 Å². The van der Waals surface area contributed by atoms with Gasteiger partial charge in [-0.15, -0.1) is 0 Å². The summed E-state index contributed by atoms with van der Waals surface area (Å²) in [5.41, 5.74) is 1.65. The first-order valence-electron chi connectivity index (χ1n) is 15.9. The molecule has 0 spiro atoms. The lowest BCUT2D eigenvalue weighted by molar-refractivity contribution is -0.148. The molecule has 1 aromatic carbocycles. The van der Waals surface area contributed by atoms with E-state index in [0.29, 0.717) is 31.9 Å². The standard InChI is InChI=1S/C32H40FN5O8/c1-36(2)25-17-12-15-11-16-19(26(39)18(15)29(42)32(17,45)30(43)21(28(25)41)31(34)44)27(40)23-20(22(16)33)24-14(13-35-23)3-4-38(24)6-5-37-7-9-46-10-8-37/h14-15,17,24-25,35,40-42,45H,3-13H2,1-2H3,(H2,34,44)/t14?,15-,17-,24?,25-,32-/m0/s1. The van der Waals surface area contributed by atoms with E-state index in [1.165, 1.54) is 4.90 Å². The number of aliphatic hydroxyl groups is 3. The van der Waals surface area contributed by atoms with Crippen molar-refractivity contribution >= 4 is 23.2 Å². The van der Waals surface area contributed by atoms with Crippen LogP contribution in [0.25, 0.3) is 0 Å². The minimum Gasteiger partial charge on any atom is -0.510 e. The average molecular weight is 642 g/mol. The number of anilines is 1. The molecule has 2 unspecified atom stereocenters. The molecule has 7 N–H and O–H groups in total. The number of benzene rings is 1. The summed E-state index contributed by atoms with van der Waals surface area (Å²) >= 11 is 0. The predicted octanol–water partition coefficient (Wildman–Crippen LogP) is 0.380. The zero-order valence-electron chi connectivity index (χ0n) is 25.9. The van der Waals surface area contributed by atoms with E-state index in [1.54, 1.807) is 14.1 Å². The zero-order valence-corrected chi connectivity index (χ0v) is 25.9. The number of aliphatic hydroxyl groups excluding tert-OH is 2. The number of ether oxygens (including phenoxy) is 1. The lowest BCUT2D eigenvalue weighted by Gasteiger charge is -2.50. The van der Waals surface area contributed by atoms with Gasteiger partial charge in [0.1, 0.15) is 22.9 Å². The number of morpholine rings is 1. The Kier molecular flexibility index (Phi) is 7.44. The third-order valence-electron chi connectivity index (χ3n) is 11.1. The number of fused-ring (bicyclic) bond motifs is 6. The Hall–Kier alpha value is -3.56. The molecule has 0 radical (unpaired) electrons. The van der Waals surface area contributed by atoms with Gasteiger partial charge in [-0.25, -0.2) is 4.39 Å². The van der Waals surface area contributed by atoms with Crippen LogP contribution < -0.4 is 11.1 Å². The number of Topliss-reactive ketones (excluding diaryl/α,β-unsaturated/α-hetero) is 2. The second kappa shape index (κ2) is 11.0. The van der Waals surface area contributed by atoms with E-state index in [-0.39, 0.29) is 47.2 Å². The van der Waals surface area contributed by atoms with Gasteiger partial charge in [0.25, 0.3) is 5.91 Å². The maximum Gasteiger partial charge on any atom is 0.255 e. The number of hydrogen-bond donors (Lipinski definition) is 6. The molecular weight excluding hydrogens is 601 g/mol. The number of amides is 1. The van der Waals surface area contributed by atoms with Gasteiger partial charge in [-0.1, -0.05) is 0 Å². The third kappa shape index (κ3) is 4.27. The van der Waals surface area contributed by atoms with Crippen LogP contribution in [0.4, 0.5) is 10.1 Å². The van der Waals surface area contributed by atoms with Crippen molar-refractivity contribution in [2.45, 2.75) is 36.9 Å². The zero-order chi connectivity index (χ0) is 32.8. The van der Waals surface area contributed by atoms with Gasteiger partial charge in [-0.05, 0) is 51.7 Å². The SMILES string of the molecule is CN(C)[C@@H]1C(O)=C(C(N)=O)C(=O)[C@@]2(O)C(O)=C3C(=O)c4c(O)c5c(c(F)c4C[C@H]3C[C@@H]12)C1C(CCN1CCN1CCOCC1)CN5. The molecule has 6 atom stereocenters. The summed E-state index contributed by atoms with van der Waals surface area (Å²) in [6.45, 7) is 5.80. The molecule has 13 nitrogen and oxygen atoms in total. The van der Waals surface area contributed by atoms with Gasteiger partial charge in [-0.3, -0.25) is 29.1 Å².